The first-order valence-corrected chi connectivity index (χ1v) is 4.25. The molecule has 0 radical (unpaired) electrons. The molecule has 2 rings (SSSR count). The lowest BCUT2D eigenvalue weighted by Gasteiger charge is -1.88. The predicted octanol–water partition coefficient (Wildman–Crippen LogP) is 2.14. The van der Waals surface area contributed by atoms with E-state index in [9.17, 15) is 4.79 Å². The van der Waals surface area contributed by atoms with Crippen molar-refractivity contribution in [3.8, 4) is 0 Å². The predicted molar refractivity (Wildman–Crippen MR) is 54.7 cm³/mol. The van der Waals surface area contributed by atoms with Gasteiger partial charge in [0.2, 0.25) is 0 Å². The molecule has 0 amide bonds. The summed E-state index contributed by atoms with van der Waals surface area (Å²) < 4.78 is 4.64. The smallest absolute Gasteiger partial charge is 0.287 e. The molecule has 0 atom stereocenters. The van der Waals surface area contributed by atoms with Crippen LogP contribution in [0.1, 0.15) is 11.1 Å². The van der Waals surface area contributed by atoms with Crippen LogP contribution in [0, 0.1) is 0 Å². The third-order valence-corrected chi connectivity index (χ3v) is 1.85. The molecule has 1 heterocycles. The van der Waals surface area contributed by atoms with Gasteiger partial charge in [-0.3, -0.25) is 4.79 Å². The molecular weight excluding hydrogens is 178 g/mol. The van der Waals surface area contributed by atoms with Crippen molar-refractivity contribution in [3.63, 3.8) is 0 Å². The molecule has 2 aromatic rings. The van der Waals surface area contributed by atoms with E-state index in [0.29, 0.717) is 5.56 Å². The number of hydrogen-bond acceptors (Lipinski definition) is 2. The maximum atomic E-state index is 11.0. The second kappa shape index (κ2) is 3.79. The second-order valence-corrected chi connectivity index (χ2v) is 2.87. The Labute approximate surface area is 80.7 Å². The molecule has 1 aromatic heterocycles. The molecule has 14 heavy (non-hydrogen) atoms. The molecular formula is C11H9NO2. The fourth-order valence-electron chi connectivity index (χ4n) is 1.12. The largest absolute Gasteiger partial charge is 0.386 e. The van der Waals surface area contributed by atoms with Gasteiger partial charge in [0, 0.05) is 0 Å². The number of aromatic amines is 1. The molecule has 0 bridgehead atoms. The van der Waals surface area contributed by atoms with Crippen LogP contribution in [0.3, 0.4) is 0 Å². The molecule has 70 valence electrons. The van der Waals surface area contributed by atoms with Crippen molar-refractivity contribution in [3.05, 3.63) is 58.1 Å². The van der Waals surface area contributed by atoms with Crippen molar-refractivity contribution < 1.29 is 4.52 Å². The lowest BCUT2D eigenvalue weighted by Crippen LogP contribution is -1.99. The number of aromatic nitrogens is 1. The van der Waals surface area contributed by atoms with Gasteiger partial charge in [-0.05, 0) is 11.6 Å². The first-order chi connectivity index (χ1) is 6.86. The van der Waals surface area contributed by atoms with Crippen molar-refractivity contribution in [2.75, 3.05) is 0 Å². The number of rotatable bonds is 2. The third-order valence-electron chi connectivity index (χ3n) is 1.85. The zero-order valence-corrected chi connectivity index (χ0v) is 7.44. The molecule has 0 fully saturated rings. The molecule has 0 unspecified atom stereocenters. The average Bonchev–Trinajstić information content (AvgIpc) is 2.63. The Morgan fingerprint density at radius 1 is 1.14 bits per heavy atom. The van der Waals surface area contributed by atoms with Gasteiger partial charge < -0.3 is 4.52 Å². The Kier molecular flexibility index (Phi) is 2.32. The molecule has 1 aromatic carbocycles. The number of H-pyrrole nitrogens is 1. The van der Waals surface area contributed by atoms with E-state index in [-0.39, 0.29) is 5.56 Å². The molecule has 0 aliphatic rings. The van der Waals surface area contributed by atoms with Crippen LogP contribution >= 0.6 is 0 Å². The summed E-state index contributed by atoms with van der Waals surface area (Å²) >= 11 is 0. The highest BCUT2D eigenvalue weighted by atomic mass is 16.5. The number of benzene rings is 1. The van der Waals surface area contributed by atoms with E-state index in [1.165, 1.54) is 6.26 Å². The number of nitrogens with one attached hydrogen (secondary N) is 1. The third kappa shape index (κ3) is 1.82. The van der Waals surface area contributed by atoms with Crippen molar-refractivity contribution in [1.29, 1.82) is 0 Å². The van der Waals surface area contributed by atoms with Crippen LogP contribution < -0.4 is 5.56 Å². The van der Waals surface area contributed by atoms with Crippen LogP contribution in [-0.4, -0.2) is 5.16 Å². The first kappa shape index (κ1) is 8.56. The standard InChI is InChI=1S/C11H9NO2/c13-11-10(8-14-12-11)7-6-9-4-2-1-3-5-9/h1-8H,(H,12,13). The lowest BCUT2D eigenvalue weighted by atomic mass is 10.2. The molecule has 0 saturated carbocycles. The Balaban J connectivity index is 2.24. The summed E-state index contributed by atoms with van der Waals surface area (Å²) in [5.74, 6) is 0. The molecule has 1 N–H and O–H groups in total. The van der Waals surface area contributed by atoms with E-state index < -0.39 is 0 Å². The minimum absolute atomic E-state index is 0.211. The maximum Gasteiger partial charge on any atom is 0.287 e. The van der Waals surface area contributed by atoms with Gasteiger partial charge in [-0.25, -0.2) is 0 Å². The normalized spacial score (nSPS) is 10.9. The topological polar surface area (TPSA) is 46.0 Å². The van der Waals surface area contributed by atoms with Crippen molar-refractivity contribution in [1.82, 2.24) is 5.16 Å². The highest BCUT2D eigenvalue weighted by Crippen LogP contribution is 2.04. The Bertz CT molecular complexity index is 479. The molecule has 3 heteroatoms. The Hall–Kier alpha value is -2.03. The van der Waals surface area contributed by atoms with Gasteiger partial charge in [0.05, 0.1) is 5.56 Å². The number of hydrogen-bond donors (Lipinski definition) is 1. The zero-order chi connectivity index (χ0) is 9.80. The maximum absolute atomic E-state index is 11.0. The van der Waals surface area contributed by atoms with Crippen LogP contribution in [0.2, 0.25) is 0 Å². The van der Waals surface area contributed by atoms with E-state index in [1.807, 2.05) is 36.4 Å². The van der Waals surface area contributed by atoms with E-state index in [0.717, 1.165) is 5.56 Å². The van der Waals surface area contributed by atoms with Gasteiger partial charge in [0.15, 0.2) is 0 Å². The van der Waals surface area contributed by atoms with Gasteiger partial charge in [0.1, 0.15) is 6.26 Å². The van der Waals surface area contributed by atoms with Gasteiger partial charge in [0.25, 0.3) is 5.56 Å². The second-order valence-electron chi connectivity index (χ2n) is 2.87. The molecule has 0 aliphatic carbocycles. The summed E-state index contributed by atoms with van der Waals surface area (Å²) in [6.45, 7) is 0. The van der Waals surface area contributed by atoms with Crippen LogP contribution in [0.5, 0.6) is 0 Å². The fourth-order valence-corrected chi connectivity index (χ4v) is 1.12. The van der Waals surface area contributed by atoms with Gasteiger partial charge in [-0.15, -0.1) is 0 Å². The summed E-state index contributed by atoms with van der Waals surface area (Å²) in [6.07, 6.45) is 4.97. The molecule has 0 saturated heterocycles. The molecule has 0 aliphatic heterocycles. The van der Waals surface area contributed by atoms with E-state index >= 15 is 0 Å². The SMILES string of the molecule is O=c1[nH]occ1C=Cc1ccccc1. The molecule has 0 spiro atoms. The summed E-state index contributed by atoms with van der Waals surface area (Å²) in [4.78, 5) is 11.0. The van der Waals surface area contributed by atoms with Crippen LogP contribution in [0.4, 0.5) is 0 Å². The van der Waals surface area contributed by atoms with Gasteiger partial charge >= 0.3 is 0 Å². The zero-order valence-electron chi connectivity index (χ0n) is 7.44. The lowest BCUT2D eigenvalue weighted by molar-refractivity contribution is 0.413. The fraction of sp³-hybridized carbons (Fsp3) is 0. The first-order valence-electron chi connectivity index (χ1n) is 4.25. The summed E-state index contributed by atoms with van der Waals surface area (Å²) in [6, 6.07) is 9.76. The van der Waals surface area contributed by atoms with Crippen molar-refractivity contribution >= 4 is 12.2 Å². The monoisotopic (exact) mass is 187 g/mol. The molecule has 3 nitrogen and oxygen atoms in total. The van der Waals surface area contributed by atoms with E-state index in [1.54, 1.807) is 6.08 Å². The summed E-state index contributed by atoms with van der Waals surface area (Å²) in [7, 11) is 0. The van der Waals surface area contributed by atoms with Crippen molar-refractivity contribution in [2.24, 2.45) is 0 Å². The minimum atomic E-state index is -0.211. The quantitative estimate of drug-likeness (QED) is 0.782. The highest BCUT2D eigenvalue weighted by molar-refractivity contribution is 5.68. The van der Waals surface area contributed by atoms with Crippen LogP contribution in [0.15, 0.2) is 45.9 Å². The average molecular weight is 187 g/mol. The summed E-state index contributed by atoms with van der Waals surface area (Å²) in [5, 5.41) is 2.22. The van der Waals surface area contributed by atoms with Crippen LogP contribution in [-0.2, 0) is 0 Å². The van der Waals surface area contributed by atoms with E-state index in [2.05, 4.69) is 9.68 Å². The van der Waals surface area contributed by atoms with Gasteiger partial charge in [-0.2, -0.15) is 5.16 Å². The minimum Gasteiger partial charge on any atom is -0.386 e. The summed E-state index contributed by atoms with van der Waals surface area (Å²) in [5.41, 5.74) is 1.36. The van der Waals surface area contributed by atoms with Crippen molar-refractivity contribution in [2.45, 2.75) is 0 Å². The van der Waals surface area contributed by atoms with Gasteiger partial charge in [-0.1, -0.05) is 36.4 Å². The Morgan fingerprint density at radius 2 is 1.93 bits per heavy atom. The van der Waals surface area contributed by atoms with E-state index in [4.69, 9.17) is 0 Å². The Morgan fingerprint density at radius 3 is 2.57 bits per heavy atom. The van der Waals surface area contributed by atoms with Crippen LogP contribution in [0.25, 0.3) is 12.2 Å². The highest BCUT2D eigenvalue weighted by Gasteiger charge is 1.95.